The molecule has 3 fully saturated rings. The molecule has 0 aromatic rings. The lowest BCUT2D eigenvalue weighted by atomic mass is 10.2. The molecule has 0 aromatic carbocycles. The highest BCUT2D eigenvalue weighted by Gasteiger charge is 2.39. The zero-order valence-electron chi connectivity index (χ0n) is 11.6. The minimum atomic E-state index is 0.415. The van der Waals surface area contributed by atoms with E-state index < -0.39 is 0 Å². The third-order valence-corrected chi connectivity index (χ3v) is 4.75. The Morgan fingerprint density at radius 3 is 2.00 bits per heavy atom. The van der Waals surface area contributed by atoms with Crippen LogP contribution >= 0.6 is 0 Å². The van der Waals surface area contributed by atoms with Gasteiger partial charge < -0.3 is 4.90 Å². The molecule has 3 saturated carbocycles. The van der Waals surface area contributed by atoms with Crippen molar-refractivity contribution in [2.75, 3.05) is 13.1 Å². The summed E-state index contributed by atoms with van der Waals surface area (Å²) in [5.74, 6) is 0.415. The molecule has 18 heavy (non-hydrogen) atoms. The van der Waals surface area contributed by atoms with Gasteiger partial charge in [0.1, 0.15) is 0 Å². The Bertz CT molecular complexity index is 304. The first-order valence-corrected chi connectivity index (χ1v) is 7.84. The molecule has 0 aromatic heterocycles. The third-order valence-electron chi connectivity index (χ3n) is 4.75. The van der Waals surface area contributed by atoms with Crippen LogP contribution in [0.3, 0.4) is 0 Å². The second kappa shape index (κ2) is 5.20. The molecule has 0 atom stereocenters. The van der Waals surface area contributed by atoms with Crippen LogP contribution in [0, 0.1) is 0 Å². The first-order chi connectivity index (χ1) is 8.79. The van der Waals surface area contributed by atoms with Gasteiger partial charge in [-0.1, -0.05) is 19.8 Å². The van der Waals surface area contributed by atoms with Crippen molar-refractivity contribution in [1.29, 1.82) is 0 Å². The highest BCUT2D eigenvalue weighted by molar-refractivity contribution is 5.79. The van der Waals surface area contributed by atoms with Crippen LogP contribution in [0.1, 0.15) is 58.3 Å². The third kappa shape index (κ3) is 2.71. The van der Waals surface area contributed by atoms with Crippen molar-refractivity contribution in [3.63, 3.8) is 0 Å². The Balaban J connectivity index is 1.60. The summed E-state index contributed by atoms with van der Waals surface area (Å²) in [6.45, 7) is 3.89. The largest absolute Gasteiger partial charge is 0.336 e. The summed E-state index contributed by atoms with van der Waals surface area (Å²) in [7, 11) is 0. The molecule has 0 radical (unpaired) electrons. The molecule has 0 aliphatic heterocycles. The van der Waals surface area contributed by atoms with Crippen molar-refractivity contribution in [3.8, 4) is 0 Å². The molecule has 3 aliphatic carbocycles. The number of rotatable bonds is 6. The van der Waals surface area contributed by atoms with Crippen LogP contribution in [0.4, 0.5) is 0 Å². The number of likely N-dealkylation sites (N-methyl/N-ethyl adjacent to an activating group) is 1. The molecule has 0 spiro atoms. The Kier molecular flexibility index (Phi) is 3.60. The van der Waals surface area contributed by atoms with Crippen LogP contribution in [0.2, 0.25) is 0 Å². The minimum Gasteiger partial charge on any atom is -0.336 e. The molecule has 0 bridgehead atoms. The monoisotopic (exact) mass is 250 g/mol. The lowest BCUT2D eigenvalue weighted by Crippen LogP contribution is -2.46. The maximum absolute atomic E-state index is 12.6. The van der Waals surface area contributed by atoms with Gasteiger partial charge >= 0.3 is 0 Å². The van der Waals surface area contributed by atoms with E-state index in [4.69, 9.17) is 0 Å². The van der Waals surface area contributed by atoms with Crippen molar-refractivity contribution >= 4 is 5.91 Å². The van der Waals surface area contributed by atoms with Crippen LogP contribution < -0.4 is 0 Å². The van der Waals surface area contributed by atoms with Crippen LogP contribution in [-0.2, 0) is 4.79 Å². The summed E-state index contributed by atoms with van der Waals surface area (Å²) in [5, 5.41) is 0. The van der Waals surface area contributed by atoms with Gasteiger partial charge in [-0.25, -0.2) is 0 Å². The molecular formula is C15H26N2O. The minimum absolute atomic E-state index is 0.415. The summed E-state index contributed by atoms with van der Waals surface area (Å²) in [6.07, 6.45) is 10.2. The molecule has 0 heterocycles. The van der Waals surface area contributed by atoms with Gasteiger partial charge in [0.05, 0.1) is 6.54 Å². The average molecular weight is 250 g/mol. The number of carbonyl (C=O) groups is 1. The summed E-state index contributed by atoms with van der Waals surface area (Å²) < 4.78 is 0. The van der Waals surface area contributed by atoms with Crippen molar-refractivity contribution in [1.82, 2.24) is 9.80 Å². The standard InChI is InChI=1S/C15H26N2O/c1-2-16(12-7-8-12)11-15(18)17(14-9-10-14)13-5-3-4-6-13/h12-14H,2-11H2,1H3. The fraction of sp³-hybridized carbons (Fsp3) is 0.933. The van der Waals surface area contributed by atoms with Crippen molar-refractivity contribution in [3.05, 3.63) is 0 Å². The van der Waals surface area contributed by atoms with Gasteiger partial charge in [0.25, 0.3) is 0 Å². The zero-order chi connectivity index (χ0) is 12.5. The van der Waals surface area contributed by atoms with Gasteiger partial charge in [-0.3, -0.25) is 9.69 Å². The molecule has 0 saturated heterocycles. The van der Waals surface area contributed by atoms with E-state index in [1.165, 1.54) is 51.4 Å². The molecular weight excluding hydrogens is 224 g/mol. The number of hydrogen-bond acceptors (Lipinski definition) is 2. The van der Waals surface area contributed by atoms with E-state index in [9.17, 15) is 4.79 Å². The van der Waals surface area contributed by atoms with Crippen LogP contribution in [-0.4, -0.2) is 46.9 Å². The maximum atomic E-state index is 12.6. The highest BCUT2D eigenvalue weighted by Crippen LogP contribution is 2.35. The fourth-order valence-electron chi connectivity index (χ4n) is 3.43. The lowest BCUT2D eigenvalue weighted by molar-refractivity contribution is -0.135. The fourth-order valence-corrected chi connectivity index (χ4v) is 3.43. The SMILES string of the molecule is CCN(CC(=O)N(C1CCCC1)C1CC1)C1CC1. The van der Waals surface area contributed by atoms with Crippen molar-refractivity contribution in [2.45, 2.75) is 76.4 Å². The van der Waals surface area contributed by atoms with Gasteiger partial charge in [0.2, 0.25) is 5.91 Å². The second-order valence-electron chi connectivity index (χ2n) is 6.26. The second-order valence-corrected chi connectivity index (χ2v) is 6.26. The highest BCUT2D eigenvalue weighted by atomic mass is 16.2. The summed E-state index contributed by atoms with van der Waals surface area (Å²) in [6, 6.07) is 1.88. The number of amides is 1. The molecule has 1 amide bonds. The first kappa shape index (κ1) is 12.5. The molecule has 0 N–H and O–H groups in total. The van der Waals surface area contributed by atoms with Gasteiger partial charge in [0, 0.05) is 18.1 Å². The van der Waals surface area contributed by atoms with E-state index in [0.717, 1.165) is 6.54 Å². The average Bonchev–Trinajstić information content (AvgIpc) is 3.27. The number of hydrogen-bond donors (Lipinski definition) is 0. The molecule has 0 unspecified atom stereocenters. The molecule has 3 heteroatoms. The Morgan fingerprint density at radius 2 is 1.50 bits per heavy atom. The lowest BCUT2D eigenvalue weighted by Gasteiger charge is -2.31. The predicted octanol–water partition coefficient (Wildman–Crippen LogP) is 2.40. The summed E-state index contributed by atoms with van der Waals surface area (Å²) in [4.78, 5) is 17.3. The van der Waals surface area contributed by atoms with Crippen LogP contribution in [0.15, 0.2) is 0 Å². The molecule has 3 nitrogen and oxygen atoms in total. The maximum Gasteiger partial charge on any atom is 0.237 e. The van der Waals surface area contributed by atoms with Gasteiger partial charge in [-0.05, 0) is 45.1 Å². The quantitative estimate of drug-likeness (QED) is 0.723. The van der Waals surface area contributed by atoms with Gasteiger partial charge in [0.15, 0.2) is 0 Å². The van der Waals surface area contributed by atoms with E-state index in [2.05, 4.69) is 16.7 Å². The zero-order valence-corrected chi connectivity index (χ0v) is 11.6. The predicted molar refractivity (Wildman–Crippen MR) is 72.4 cm³/mol. The van der Waals surface area contributed by atoms with E-state index in [0.29, 0.717) is 30.6 Å². The normalized spacial score (nSPS) is 24.8. The number of carbonyl (C=O) groups excluding carboxylic acids is 1. The van der Waals surface area contributed by atoms with Crippen molar-refractivity contribution < 1.29 is 4.79 Å². The smallest absolute Gasteiger partial charge is 0.237 e. The molecule has 3 rings (SSSR count). The van der Waals surface area contributed by atoms with E-state index in [1.54, 1.807) is 0 Å². The summed E-state index contributed by atoms with van der Waals surface area (Å²) in [5.41, 5.74) is 0. The molecule has 3 aliphatic rings. The Hall–Kier alpha value is -0.570. The van der Waals surface area contributed by atoms with Gasteiger partial charge in [-0.2, -0.15) is 0 Å². The number of nitrogens with zero attached hydrogens (tertiary/aromatic N) is 2. The summed E-state index contributed by atoms with van der Waals surface area (Å²) >= 11 is 0. The molecule has 102 valence electrons. The van der Waals surface area contributed by atoms with Crippen LogP contribution in [0.25, 0.3) is 0 Å². The van der Waals surface area contributed by atoms with E-state index >= 15 is 0 Å². The topological polar surface area (TPSA) is 23.6 Å². The Labute approximate surface area is 111 Å². The van der Waals surface area contributed by atoms with E-state index in [1.807, 2.05) is 0 Å². The van der Waals surface area contributed by atoms with Crippen molar-refractivity contribution in [2.24, 2.45) is 0 Å². The van der Waals surface area contributed by atoms with Gasteiger partial charge in [-0.15, -0.1) is 0 Å². The Morgan fingerprint density at radius 1 is 0.944 bits per heavy atom. The van der Waals surface area contributed by atoms with E-state index in [-0.39, 0.29) is 0 Å². The first-order valence-electron chi connectivity index (χ1n) is 7.84. The van der Waals surface area contributed by atoms with Crippen LogP contribution in [0.5, 0.6) is 0 Å².